The molecule has 0 aliphatic rings. The maximum Gasteiger partial charge on any atom is 0.251 e. The van der Waals surface area contributed by atoms with Crippen molar-refractivity contribution in [1.82, 2.24) is 15.5 Å². The fourth-order valence-electron chi connectivity index (χ4n) is 1.63. The van der Waals surface area contributed by atoms with Crippen molar-refractivity contribution < 1.29 is 9.90 Å². The van der Waals surface area contributed by atoms with Crippen molar-refractivity contribution in [3.63, 3.8) is 0 Å². The van der Waals surface area contributed by atoms with Gasteiger partial charge in [-0.1, -0.05) is 6.92 Å². The first kappa shape index (κ1) is 11.6. The largest absolute Gasteiger partial charge is 0.394 e. The number of H-pyrrole nitrogens is 1. The summed E-state index contributed by atoms with van der Waals surface area (Å²) in [6, 6.07) is 5.14. The minimum absolute atomic E-state index is 0.0454. The summed E-state index contributed by atoms with van der Waals surface area (Å²) in [5, 5.41) is 19.4. The number of nitrogens with zero attached hydrogens (tertiary/aromatic N) is 1. The second kappa shape index (κ2) is 4.97. The van der Waals surface area contributed by atoms with E-state index < -0.39 is 0 Å². The number of amides is 1. The Morgan fingerprint density at radius 3 is 3.12 bits per heavy atom. The average Bonchev–Trinajstić information content (AvgIpc) is 2.82. The lowest BCUT2D eigenvalue weighted by molar-refractivity contribution is 0.0915. The molecule has 1 aromatic carbocycles. The minimum Gasteiger partial charge on any atom is -0.394 e. The van der Waals surface area contributed by atoms with Crippen LogP contribution in [0.5, 0.6) is 0 Å². The van der Waals surface area contributed by atoms with Crippen LogP contribution in [0.2, 0.25) is 0 Å². The summed E-state index contributed by atoms with van der Waals surface area (Å²) in [6.07, 6.45) is 2.38. The number of aliphatic hydroxyl groups excluding tert-OH is 1. The Morgan fingerprint density at radius 2 is 2.41 bits per heavy atom. The molecule has 2 rings (SSSR count). The molecule has 0 saturated heterocycles. The predicted octanol–water partition coefficient (Wildman–Crippen LogP) is 1.06. The lowest BCUT2D eigenvalue weighted by Crippen LogP contribution is -2.36. The number of fused-ring (bicyclic) bond motifs is 1. The molecule has 5 heteroatoms. The molecule has 0 fully saturated rings. The Hall–Kier alpha value is -1.88. The molecule has 0 saturated carbocycles. The molecule has 2 aromatic rings. The van der Waals surface area contributed by atoms with Crippen molar-refractivity contribution in [2.75, 3.05) is 6.61 Å². The van der Waals surface area contributed by atoms with Crippen LogP contribution in [0.4, 0.5) is 0 Å². The summed E-state index contributed by atoms with van der Waals surface area (Å²) in [5.41, 5.74) is 1.47. The van der Waals surface area contributed by atoms with E-state index in [9.17, 15) is 4.79 Å². The predicted molar refractivity (Wildman–Crippen MR) is 64.7 cm³/mol. The molecule has 0 aliphatic carbocycles. The van der Waals surface area contributed by atoms with Crippen molar-refractivity contribution in [2.45, 2.75) is 19.4 Å². The van der Waals surface area contributed by atoms with E-state index >= 15 is 0 Å². The zero-order chi connectivity index (χ0) is 12.3. The van der Waals surface area contributed by atoms with Gasteiger partial charge in [-0.3, -0.25) is 9.89 Å². The smallest absolute Gasteiger partial charge is 0.251 e. The molecule has 0 aliphatic heterocycles. The minimum atomic E-state index is -0.192. The number of hydrogen-bond acceptors (Lipinski definition) is 3. The molecule has 0 radical (unpaired) electrons. The van der Waals surface area contributed by atoms with Crippen LogP contribution in [-0.4, -0.2) is 33.9 Å². The van der Waals surface area contributed by atoms with Crippen LogP contribution in [0.1, 0.15) is 23.7 Å². The van der Waals surface area contributed by atoms with E-state index in [1.165, 1.54) is 0 Å². The third-order valence-corrected chi connectivity index (χ3v) is 2.75. The van der Waals surface area contributed by atoms with Gasteiger partial charge < -0.3 is 10.4 Å². The molecule has 0 unspecified atom stereocenters. The van der Waals surface area contributed by atoms with E-state index in [-0.39, 0.29) is 18.6 Å². The van der Waals surface area contributed by atoms with E-state index in [0.29, 0.717) is 12.0 Å². The Bertz CT molecular complexity index is 517. The number of nitrogens with one attached hydrogen (secondary N) is 2. The van der Waals surface area contributed by atoms with Gasteiger partial charge in [-0.15, -0.1) is 0 Å². The van der Waals surface area contributed by atoms with Crippen LogP contribution >= 0.6 is 0 Å². The van der Waals surface area contributed by atoms with Gasteiger partial charge in [-0.25, -0.2) is 0 Å². The maximum atomic E-state index is 11.9. The van der Waals surface area contributed by atoms with E-state index in [0.717, 1.165) is 10.9 Å². The highest BCUT2D eigenvalue weighted by Crippen LogP contribution is 2.12. The molecule has 1 amide bonds. The van der Waals surface area contributed by atoms with Crippen molar-refractivity contribution >= 4 is 16.8 Å². The Kier molecular flexibility index (Phi) is 3.39. The van der Waals surface area contributed by atoms with Crippen LogP contribution in [0.3, 0.4) is 0 Å². The summed E-state index contributed by atoms with van der Waals surface area (Å²) in [5.74, 6) is -0.172. The van der Waals surface area contributed by atoms with Gasteiger partial charge in [-0.2, -0.15) is 5.10 Å². The molecule has 1 heterocycles. The normalized spacial score (nSPS) is 12.6. The second-order valence-electron chi connectivity index (χ2n) is 3.93. The lowest BCUT2D eigenvalue weighted by atomic mass is 10.1. The number of aliphatic hydroxyl groups is 1. The quantitative estimate of drug-likeness (QED) is 0.739. The molecular weight excluding hydrogens is 218 g/mol. The van der Waals surface area contributed by atoms with Crippen LogP contribution in [0.25, 0.3) is 10.9 Å². The molecular formula is C12H15N3O2. The van der Waals surface area contributed by atoms with Gasteiger partial charge in [0.1, 0.15) is 0 Å². The topological polar surface area (TPSA) is 78.0 Å². The van der Waals surface area contributed by atoms with Crippen LogP contribution < -0.4 is 5.32 Å². The third-order valence-electron chi connectivity index (χ3n) is 2.75. The number of rotatable bonds is 4. The number of aromatic amines is 1. The van der Waals surface area contributed by atoms with Crippen LogP contribution in [0, 0.1) is 0 Å². The molecule has 1 aromatic heterocycles. The molecule has 0 spiro atoms. The monoisotopic (exact) mass is 233 g/mol. The van der Waals surface area contributed by atoms with Gasteiger partial charge in [0, 0.05) is 10.9 Å². The summed E-state index contributed by atoms with van der Waals surface area (Å²) >= 11 is 0. The number of aromatic nitrogens is 2. The van der Waals surface area contributed by atoms with E-state index in [4.69, 9.17) is 5.11 Å². The van der Waals surface area contributed by atoms with E-state index in [1.807, 2.05) is 13.0 Å². The highest BCUT2D eigenvalue weighted by molar-refractivity contribution is 5.97. The van der Waals surface area contributed by atoms with Crippen LogP contribution in [-0.2, 0) is 0 Å². The highest BCUT2D eigenvalue weighted by Gasteiger charge is 2.11. The fraction of sp³-hybridized carbons (Fsp3) is 0.333. The summed E-state index contributed by atoms with van der Waals surface area (Å²) in [7, 11) is 0. The number of hydrogen-bond donors (Lipinski definition) is 3. The molecule has 3 N–H and O–H groups in total. The van der Waals surface area contributed by atoms with Gasteiger partial charge in [0.25, 0.3) is 5.91 Å². The number of carbonyl (C=O) groups is 1. The van der Waals surface area contributed by atoms with E-state index in [2.05, 4.69) is 15.5 Å². The van der Waals surface area contributed by atoms with Crippen molar-refractivity contribution in [3.8, 4) is 0 Å². The summed E-state index contributed by atoms with van der Waals surface area (Å²) in [4.78, 5) is 11.9. The first-order chi connectivity index (χ1) is 8.24. The van der Waals surface area contributed by atoms with Gasteiger partial charge in [0.2, 0.25) is 0 Å². The molecule has 1 atom stereocenters. The summed E-state index contributed by atoms with van der Waals surface area (Å²) in [6.45, 7) is 1.87. The first-order valence-electron chi connectivity index (χ1n) is 5.59. The maximum absolute atomic E-state index is 11.9. The van der Waals surface area contributed by atoms with Crippen LogP contribution in [0.15, 0.2) is 24.4 Å². The number of carbonyl (C=O) groups excluding carboxylic acids is 1. The van der Waals surface area contributed by atoms with Crippen molar-refractivity contribution in [2.24, 2.45) is 0 Å². The molecule has 90 valence electrons. The zero-order valence-electron chi connectivity index (χ0n) is 9.60. The molecule has 0 bridgehead atoms. The van der Waals surface area contributed by atoms with Gasteiger partial charge in [0.15, 0.2) is 0 Å². The SMILES string of the molecule is CC[C@@H](CO)NC(=O)c1ccc2[nH]ncc2c1. The van der Waals surface area contributed by atoms with E-state index in [1.54, 1.807) is 18.3 Å². The van der Waals surface area contributed by atoms with Crippen molar-refractivity contribution in [3.05, 3.63) is 30.0 Å². The van der Waals surface area contributed by atoms with Gasteiger partial charge in [0.05, 0.1) is 24.4 Å². The van der Waals surface area contributed by atoms with Gasteiger partial charge >= 0.3 is 0 Å². The third kappa shape index (κ3) is 2.45. The highest BCUT2D eigenvalue weighted by atomic mass is 16.3. The lowest BCUT2D eigenvalue weighted by Gasteiger charge is -2.13. The average molecular weight is 233 g/mol. The van der Waals surface area contributed by atoms with Crippen molar-refractivity contribution in [1.29, 1.82) is 0 Å². The molecule has 17 heavy (non-hydrogen) atoms. The molecule has 5 nitrogen and oxygen atoms in total. The summed E-state index contributed by atoms with van der Waals surface area (Å²) < 4.78 is 0. The fourth-order valence-corrected chi connectivity index (χ4v) is 1.63. The second-order valence-corrected chi connectivity index (χ2v) is 3.93. The Labute approximate surface area is 98.8 Å². The zero-order valence-corrected chi connectivity index (χ0v) is 9.60. The standard InChI is InChI=1S/C12H15N3O2/c1-2-10(7-16)14-12(17)8-3-4-11-9(5-8)6-13-15-11/h3-6,10,16H,2,7H2,1H3,(H,13,15)(H,14,17)/t10-/m0/s1. The van der Waals surface area contributed by atoms with Gasteiger partial charge in [-0.05, 0) is 24.6 Å². The first-order valence-corrected chi connectivity index (χ1v) is 5.59. The Balaban J connectivity index is 2.18. The number of benzene rings is 1. The Morgan fingerprint density at radius 1 is 1.59 bits per heavy atom.